The van der Waals surface area contributed by atoms with E-state index in [9.17, 15) is 4.79 Å². The molecular weight excluding hydrogens is 322 g/mol. The Labute approximate surface area is 145 Å². The van der Waals surface area contributed by atoms with Crippen molar-refractivity contribution in [2.24, 2.45) is 5.92 Å². The number of rotatable bonds is 3. The number of hydrogen-bond donors (Lipinski definition) is 1. The van der Waals surface area contributed by atoms with Gasteiger partial charge in [-0.3, -0.25) is 4.79 Å². The molecule has 1 fully saturated rings. The number of para-hydroxylation sites is 2. The highest BCUT2D eigenvalue weighted by atomic mass is 35.5. The summed E-state index contributed by atoms with van der Waals surface area (Å²) in [6.45, 7) is 3.35. The molecule has 1 saturated heterocycles. The summed E-state index contributed by atoms with van der Waals surface area (Å²) in [4.78, 5) is 21.8. The maximum atomic E-state index is 11.6. The predicted octanol–water partition coefficient (Wildman–Crippen LogP) is 4.30. The Balaban J connectivity index is 1.70. The first-order valence-corrected chi connectivity index (χ1v) is 8.49. The lowest BCUT2D eigenvalue weighted by Crippen LogP contribution is -2.21. The molecule has 24 heavy (non-hydrogen) atoms. The van der Waals surface area contributed by atoms with Crippen molar-refractivity contribution < 1.29 is 4.79 Å². The SMILES string of the molecule is CC(=O)C1CCN(c2ccc(Cl)c(-c3nc4ccccc4[nH]3)c2)C1. The van der Waals surface area contributed by atoms with Crippen LogP contribution in [0.1, 0.15) is 13.3 Å². The zero-order valence-corrected chi connectivity index (χ0v) is 14.2. The van der Waals surface area contributed by atoms with Gasteiger partial charge in [0.2, 0.25) is 0 Å². The Morgan fingerprint density at radius 2 is 2.12 bits per heavy atom. The average molecular weight is 340 g/mol. The van der Waals surface area contributed by atoms with Gasteiger partial charge in [0, 0.05) is 30.3 Å². The highest BCUT2D eigenvalue weighted by molar-refractivity contribution is 6.33. The molecule has 4 nitrogen and oxygen atoms in total. The number of fused-ring (bicyclic) bond motifs is 1. The fourth-order valence-corrected chi connectivity index (χ4v) is 3.51. The molecule has 0 bridgehead atoms. The number of aromatic nitrogens is 2. The molecule has 122 valence electrons. The van der Waals surface area contributed by atoms with E-state index in [1.165, 1.54) is 0 Å². The molecule has 3 aromatic rings. The third kappa shape index (κ3) is 2.67. The number of halogens is 1. The van der Waals surface area contributed by atoms with Gasteiger partial charge < -0.3 is 9.88 Å². The third-order valence-corrected chi connectivity index (χ3v) is 5.05. The van der Waals surface area contributed by atoms with Crippen molar-refractivity contribution in [3.63, 3.8) is 0 Å². The normalized spacial score (nSPS) is 17.6. The minimum Gasteiger partial charge on any atom is -0.371 e. The molecule has 1 unspecified atom stereocenters. The lowest BCUT2D eigenvalue weighted by atomic mass is 10.1. The molecule has 2 heterocycles. The Kier molecular flexibility index (Phi) is 3.77. The molecule has 2 aromatic carbocycles. The first kappa shape index (κ1) is 15.2. The molecule has 1 atom stereocenters. The number of carbonyl (C=O) groups is 1. The Bertz CT molecular complexity index is 885. The second-order valence-corrected chi connectivity index (χ2v) is 6.72. The van der Waals surface area contributed by atoms with Crippen LogP contribution in [-0.2, 0) is 4.79 Å². The molecule has 0 aliphatic carbocycles. The first-order valence-electron chi connectivity index (χ1n) is 8.12. The average Bonchev–Trinajstić information content (AvgIpc) is 3.22. The van der Waals surface area contributed by atoms with Crippen molar-refractivity contribution in [1.29, 1.82) is 0 Å². The number of ketones is 1. The van der Waals surface area contributed by atoms with E-state index >= 15 is 0 Å². The number of H-pyrrole nitrogens is 1. The van der Waals surface area contributed by atoms with E-state index in [2.05, 4.69) is 20.9 Å². The van der Waals surface area contributed by atoms with E-state index in [0.717, 1.165) is 47.6 Å². The van der Waals surface area contributed by atoms with E-state index in [1.807, 2.05) is 36.4 Å². The monoisotopic (exact) mass is 339 g/mol. The minimum absolute atomic E-state index is 0.135. The summed E-state index contributed by atoms with van der Waals surface area (Å²) < 4.78 is 0. The Hall–Kier alpha value is -2.33. The quantitative estimate of drug-likeness (QED) is 0.774. The van der Waals surface area contributed by atoms with Crippen LogP contribution in [0, 0.1) is 5.92 Å². The molecule has 4 rings (SSSR count). The van der Waals surface area contributed by atoms with Crippen LogP contribution in [0.5, 0.6) is 0 Å². The van der Waals surface area contributed by atoms with Gasteiger partial charge >= 0.3 is 0 Å². The van der Waals surface area contributed by atoms with Gasteiger partial charge in [-0.2, -0.15) is 0 Å². The second-order valence-electron chi connectivity index (χ2n) is 6.31. The maximum absolute atomic E-state index is 11.6. The van der Waals surface area contributed by atoms with E-state index in [-0.39, 0.29) is 11.7 Å². The van der Waals surface area contributed by atoms with Crippen molar-refractivity contribution in [1.82, 2.24) is 9.97 Å². The van der Waals surface area contributed by atoms with Crippen molar-refractivity contribution in [2.75, 3.05) is 18.0 Å². The number of benzene rings is 2. The van der Waals surface area contributed by atoms with Gasteiger partial charge in [-0.1, -0.05) is 23.7 Å². The summed E-state index contributed by atoms with van der Waals surface area (Å²) in [5.41, 5.74) is 3.88. The lowest BCUT2D eigenvalue weighted by Gasteiger charge is -2.19. The summed E-state index contributed by atoms with van der Waals surface area (Å²) in [7, 11) is 0. The van der Waals surface area contributed by atoms with Crippen molar-refractivity contribution in [3.05, 3.63) is 47.5 Å². The standard InChI is InChI=1S/C19H18ClN3O/c1-12(24)13-8-9-23(11-13)14-6-7-16(20)15(10-14)19-21-17-4-2-3-5-18(17)22-19/h2-7,10,13H,8-9,11H2,1H3,(H,21,22). The topological polar surface area (TPSA) is 49.0 Å². The van der Waals surface area contributed by atoms with E-state index in [4.69, 9.17) is 11.6 Å². The number of hydrogen-bond acceptors (Lipinski definition) is 3. The highest BCUT2D eigenvalue weighted by Crippen LogP contribution is 2.33. The summed E-state index contributed by atoms with van der Waals surface area (Å²) in [6, 6.07) is 13.9. The molecule has 1 aromatic heterocycles. The number of Topliss-reactive ketones (excluding diaryl/α,β-unsaturated/α-hetero) is 1. The van der Waals surface area contributed by atoms with Gasteiger partial charge in [-0.05, 0) is 43.7 Å². The third-order valence-electron chi connectivity index (χ3n) is 4.72. The number of imidazole rings is 1. The number of carbonyl (C=O) groups excluding carboxylic acids is 1. The van der Waals surface area contributed by atoms with Crippen LogP contribution >= 0.6 is 11.6 Å². The Morgan fingerprint density at radius 3 is 2.88 bits per heavy atom. The summed E-state index contributed by atoms with van der Waals surface area (Å²) in [6.07, 6.45) is 0.915. The van der Waals surface area contributed by atoms with E-state index < -0.39 is 0 Å². The molecule has 1 N–H and O–H groups in total. The maximum Gasteiger partial charge on any atom is 0.140 e. The minimum atomic E-state index is 0.135. The smallest absolute Gasteiger partial charge is 0.140 e. The number of nitrogens with zero attached hydrogens (tertiary/aromatic N) is 2. The fraction of sp³-hybridized carbons (Fsp3) is 0.263. The molecule has 5 heteroatoms. The predicted molar refractivity (Wildman–Crippen MR) is 97.5 cm³/mol. The van der Waals surface area contributed by atoms with Gasteiger partial charge in [0.1, 0.15) is 11.6 Å². The molecule has 1 aliphatic rings. The fourth-order valence-electron chi connectivity index (χ4n) is 3.30. The number of aromatic amines is 1. The molecule has 0 amide bonds. The number of anilines is 1. The van der Waals surface area contributed by atoms with E-state index in [1.54, 1.807) is 6.92 Å². The van der Waals surface area contributed by atoms with Crippen molar-refractivity contribution in [2.45, 2.75) is 13.3 Å². The van der Waals surface area contributed by atoms with Crippen LogP contribution < -0.4 is 4.90 Å². The van der Waals surface area contributed by atoms with Crippen LogP contribution in [0.4, 0.5) is 5.69 Å². The molecular formula is C19H18ClN3O. The number of nitrogens with one attached hydrogen (secondary N) is 1. The summed E-state index contributed by atoms with van der Waals surface area (Å²) in [5.74, 6) is 1.17. The van der Waals surface area contributed by atoms with Crippen LogP contribution in [0.2, 0.25) is 5.02 Å². The molecule has 0 spiro atoms. The van der Waals surface area contributed by atoms with Gasteiger partial charge in [0.15, 0.2) is 0 Å². The van der Waals surface area contributed by atoms with Gasteiger partial charge in [-0.25, -0.2) is 4.98 Å². The Morgan fingerprint density at radius 1 is 1.29 bits per heavy atom. The summed E-state index contributed by atoms with van der Waals surface area (Å²) in [5, 5.41) is 0.667. The van der Waals surface area contributed by atoms with Gasteiger partial charge in [-0.15, -0.1) is 0 Å². The van der Waals surface area contributed by atoms with Crippen LogP contribution in [0.3, 0.4) is 0 Å². The molecule has 1 aliphatic heterocycles. The van der Waals surface area contributed by atoms with Crippen molar-refractivity contribution in [3.8, 4) is 11.4 Å². The largest absolute Gasteiger partial charge is 0.371 e. The van der Waals surface area contributed by atoms with Crippen LogP contribution in [0.25, 0.3) is 22.4 Å². The second kappa shape index (κ2) is 5.95. The van der Waals surface area contributed by atoms with Gasteiger partial charge in [0.05, 0.1) is 16.1 Å². The van der Waals surface area contributed by atoms with E-state index in [0.29, 0.717) is 5.02 Å². The van der Waals surface area contributed by atoms with Crippen LogP contribution in [0.15, 0.2) is 42.5 Å². The zero-order valence-electron chi connectivity index (χ0n) is 13.4. The molecule has 0 radical (unpaired) electrons. The molecule has 0 saturated carbocycles. The van der Waals surface area contributed by atoms with Crippen molar-refractivity contribution >= 4 is 34.1 Å². The van der Waals surface area contributed by atoms with Gasteiger partial charge in [0.25, 0.3) is 0 Å². The zero-order chi connectivity index (χ0) is 16.7. The lowest BCUT2D eigenvalue weighted by molar-refractivity contribution is -0.120. The summed E-state index contributed by atoms with van der Waals surface area (Å²) >= 11 is 6.41. The highest BCUT2D eigenvalue weighted by Gasteiger charge is 2.26. The first-order chi connectivity index (χ1) is 11.6. The van der Waals surface area contributed by atoms with Crippen LogP contribution in [-0.4, -0.2) is 28.8 Å².